The molecular formula is C15H19Cl2FN2O2. The topological polar surface area (TPSA) is 41.6 Å². The average molecular weight is 349 g/mol. The van der Waals surface area contributed by atoms with E-state index in [-0.39, 0.29) is 36.7 Å². The summed E-state index contributed by atoms with van der Waals surface area (Å²) < 4.78 is 19.5. The molecule has 2 aliphatic rings. The van der Waals surface area contributed by atoms with E-state index in [1.165, 1.54) is 6.07 Å². The molecule has 1 saturated carbocycles. The molecule has 0 radical (unpaired) electrons. The van der Waals surface area contributed by atoms with Crippen LogP contribution in [0.5, 0.6) is 0 Å². The van der Waals surface area contributed by atoms with E-state index in [2.05, 4.69) is 5.32 Å². The molecule has 0 spiro atoms. The van der Waals surface area contributed by atoms with Crippen LogP contribution in [0, 0.1) is 5.82 Å². The number of halogens is 3. The van der Waals surface area contributed by atoms with Crippen molar-refractivity contribution in [3.63, 3.8) is 0 Å². The van der Waals surface area contributed by atoms with Gasteiger partial charge in [0.15, 0.2) is 0 Å². The van der Waals surface area contributed by atoms with Crippen molar-refractivity contribution in [3.05, 3.63) is 34.6 Å². The van der Waals surface area contributed by atoms with Gasteiger partial charge in [-0.15, -0.1) is 12.4 Å². The second-order valence-electron chi connectivity index (χ2n) is 5.46. The van der Waals surface area contributed by atoms with E-state index >= 15 is 0 Å². The molecule has 1 amide bonds. The molecule has 1 atom stereocenters. The molecule has 1 heterocycles. The van der Waals surface area contributed by atoms with Gasteiger partial charge in [0.05, 0.1) is 13.2 Å². The lowest BCUT2D eigenvalue weighted by molar-refractivity contribution is -0.146. The summed E-state index contributed by atoms with van der Waals surface area (Å²) in [6.45, 7) is 1.99. The fraction of sp³-hybridized carbons (Fsp3) is 0.533. The fourth-order valence-corrected chi connectivity index (χ4v) is 2.76. The van der Waals surface area contributed by atoms with Crippen LogP contribution in [0.25, 0.3) is 0 Å². The molecule has 3 rings (SSSR count). The zero-order chi connectivity index (χ0) is 14.8. The second kappa shape index (κ2) is 7.59. The molecule has 7 heteroatoms. The van der Waals surface area contributed by atoms with E-state index < -0.39 is 6.10 Å². The number of morpholine rings is 1. The summed E-state index contributed by atoms with van der Waals surface area (Å²) in [4.78, 5) is 14.3. The van der Waals surface area contributed by atoms with Crippen molar-refractivity contribution in [3.8, 4) is 0 Å². The van der Waals surface area contributed by atoms with Gasteiger partial charge in [0.1, 0.15) is 11.9 Å². The number of hydrogen-bond acceptors (Lipinski definition) is 3. The standard InChI is InChI=1S/C15H18ClFN2O2.ClH/c16-12-2-1-3-13(17)11(12)9-19(10-4-5-10)15(20)14-8-18-6-7-21-14;/h1-3,10,14,18H,4-9H2;1H. The highest BCUT2D eigenvalue weighted by molar-refractivity contribution is 6.31. The van der Waals surface area contributed by atoms with Gasteiger partial charge in [-0.05, 0) is 25.0 Å². The Labute approximate surface area is 140 Å². The predicted molar refractivity (Wildman–Crippen MR) is 84.8 cm³/mol. The lowest BCUT2D eigenvalue weighted by Crippen LogP contribution is -2.49. The first-order chi connectivity index (χ1) is 10.2. The summed E-state index contributed by atoms with van der Waals surface area (Å²) in [6, 6.07) is 4.76. The van der Waals surface area contributed by atoms with Crippen molar-refractivity contribution in [2.24, 2.45) is 0 Å². The molecule has 1 aromatic carbocycles. The summed E-state index contributed by atoms with van der Waals surface area (Å²) >= 11 is 6.07. The minimum absolute atomic E-state index is 0. The Morgan fingerprint density at radius 1 is 1.45 bits per heavy atom. The quantitative estimate of drug-likeness (QED) is 0.908. The number of rotatable bonds is 4. The van der Waals surface area contributed by atoms with Crippen LogP contribution in [0.2, 0.25) is 5.02 Å². The maximum atomic E-state index is 13.9. The van der Waals surface area contributed by atoms with E-state index in [1.807, 2.05) is 0 Å². The number of carbonyl (C=O) groups excluding carboxylic acids is 1. The zero-order valence-corrected chi connectivity index (χ0v) is 13.6. The summed E-state index contributed by atoms with van der Waals surface area (Å²) in [5.74, 6) is -0.451. The summed E-state index contributed by atoms with van der Waals surface area (Å²) in [6.07, 6.45) is 1.43. The number of ether oxygens (including phenoxy) is 1. The summed E-state index contributed by atoms with van der Waals surface area (Å²) in [5.41, 5.74) is 0.378. The van der Waals surface area contributed by atoms with Crippen LogP contribution in [0.3, 0.4) is 0 Å². The smallest absolute Gasteiger partial charge is 0.253 e. The van der Waals surface area contributed by atoms with Gasteiger partial charge in [-0.3, -0.25) is 4.79 Å². The number of hydrogen-bond donors (Lipinski definition) is 1. The molecule has 1 aliphatic carbocycles. The Hall–Kier alpha value is -0.880. The molecule has 1 aromatic rings. The van der Waals surface area contributed by atoms with Gasteiger partial charge in [0, 0.05) is 29.7 Å². The third kappa shape index (κ3) is 3.90. The highest BCUT2D eigenvalue weighted by atomic mass is 35.5. The Morgan fingerprint density at radius 2 is 2.23 bits per heavy atom. The van der Waals surface area contributed by atoms with E-state index in [4.69, 9.17) is 16.3 Å². The Bertz CT molecular complexity index is 514. The number of benzene rings is 1. The minimum atomic E-state index is -0.482. The minimum Gasteiger partial charge on any atom is -0.366 e. The van der Waals surface area contributed by atoms with Crippen LogP contribution in [-0.4, -0.2) is 42.6 Å². The molecule has 0 aromatic heterocycles. The van der Waals surface area contributed by atoms with Crippen molar-refractivity contribution in [2.45, 2.75) is 31.5 Å². The van der Waals surface area contributed by atoms with Gasteiger partial charge in [-0.2, -0.15) is 0 Å². The van der Waals surface area contributed by atoms with Gasteiger partial charge in [0.25, 0.3) is 5.91 Å². The summed E-state index contributed by atoms with van der Waals surface area (Å²) in [7, 11) is 0. The van der Waals surface area contributed by atoms with Crippen LogP contribution < -0.4 is 5.32 Å². The van der Waals surface area contributed by atoms with E-state index in [0.29, 0.717) is 23.7 Å². The molecule has 1 aliphatic heterocycles. The summed E-state index contributed by atoms with van der Waals surface area (Å²) in [5, 5.41) is 3.50. The maximum absolute atomic E-state index is 13.9. The first-order valence-electron chi connectivity index (χ1n) is 7.22. The number of carbonyl (C=O) groups is 1. The molecule has 1 N–H and O–H groups in total. The Morgan fingerprint density at radius 3 is 2.82 bits per heavy atom. The highest BCUT2D eigenvalue weighted by Gasteiger charge is 2.37. The van der Waals surface area contributed by atoms with Crippen molar-refractivity contribution in [1.82, 2.24) is 10.2 Å². The molecular weight excluding hydrogens is 330 g/mol. The maximum Gasteiger partial charge on any atom is 0.253 e. The van der Waals surface area contributed by atoms with Crippen LogP contribution in [0.4, 0.5) is 4.39 Å². The predicted octanol–water partition coefficient (Wildman–Crippen LogP) is 2.38. The molecule has 2 fully saturated rings. The normalized spacial score (nSPS) is 21.1. The highest BCUT2D eigenvalue weighted by Crippen LogP contribution is 2.31. The van der Waals surface area contributed by atoms with Crippen LogP contribution >= 0.6 is 24.0 Å². The van der Waals surface area contributed by atoms with Crippen molar-refractivity contribution >= 4 is 29.9 Å². The van der Waals surface area contributed by atoms with Crippen LogP contribution in [-0.2, 0) is 16.1 Å². The van der Waals surface area contributed by atoms with Crippen molar-refractivity contribution in [2.75, 3.05) is 19.7 Å². The van der Waals surface area contributed by atoms with Gasteiger partial charge >= 0.3 is 0 Å². The third-order valence-electron chi connectivity index (χ3n) is 3.86. The molecule has 1 saturated heterocycles. The van der Waals surface area contributed by atoms with Crippen molar-refractivity contribution in [1.29, 1.82) is 0 Å². The van der Waals surface area contributed by atoms with E-state index in [9.17, 15) is 9.18 Å². The first kappa shape index (κ1) is 17.5. The van der Waals surface area contributed by atoms with E-state index in [1.54, 1.807) is 17.0 Å². The molecule has 0 bridgehead atoms. The Balaban J connectivity index is 0.00000176. The zero-order valence-electron chi connectivity index (χ0n) is 12.1. The molecule has 4 nitrogen and oxygen atoms in total. The van der Waals surface area contributed by atoms with Crippen LogP contribution in [0.1, 0.15) is 18.4 Å². The number of nitrogens with zero attached hydrogens (tertiary/aromatic N) is 1. The Kier molecular flexibility index (Phi) is 6.03. The van der Waals surface area contributed by atoms with Gasteiger partial charge in [-0.1, -0.05) is 17.7 Å². The van der Waals surface area contributed by atoms with Gasteiger partial charge < -0.3 is 15.0 Å². The third-order valence-corrected chi connectivity index (χ3v) is 4.22. The largest absolute Gasteiger partial charge is 0.366 e. The first-order valence-corrected chi connectivity index (χ1v) is 7.60. The SMILES string of the molecule is Cl.O=C(C1CNCCO1)N(Cc1c(F)cccc1Cl)C1CC1. The molecule has 122 valence electrons. The lowest BCUT2D eigenvalue weighted by atomic mass is 10.1. The monoisotopic (exact) mass is 348 g/mol. The number of amides is 1. The molecule has 22 heavy (non-hydrogen) atoms. The van der Waals surface area contributed by atoms with Crippen LogP contribution in [0.15, 0.2) is 18.2 Å². The van der Waals surface area contributed by atoms with E-state index in [0.717, 1.165) is 19.4 Å². The molecule has 1 unspecified atom stereocenters. The average Bonchev–Trinajstić information content (AvgIpc) is 3.32. The van der Waals surface area contributed by atoms with Gasteiger partial charge in [0.2, 0.25) is 0 Å². The second-order valence-corrected chi connectivity index (χ2v) is 5.87. The number of nitrogens with one attached hydrogen (secondary N) is 1. The lowest BCUT2D eigenvalue weighted by Gasteiger charge is -2.30. The van der Waals surface area contributed by atoms with Gasteiger partial charge in [-0.25, -0.2) is 4.39 Å². The fourth-order valence-electron chi connectivity index (χ4n) is 2.54. The van der Waals surface area contributed by atoms with Crippen molar-refractivity contribution < 1.29 is 13.9 Å².